The minimum atomic E-state index is -1.23. The predicted molar refractivity (Wildman–Crippen MR) is 70.4 cm³/mol. The van der Waals surface area contributed by atoms with Crippen LogP contribution in [0.25, 0.3) is 0 Å². The van der Waals surface area contributed by atoms with E-state index in [-0.39, 0.29) is 11.4 Å². The fourth-order valence-corrected chi connectivity index (χ4v) is 1.69. The van der Waals surface area contributed by atoms with Crippen LogP contribution in [-0.4, -0.2) is 17.2 Å². The number of aromatic nitrogens is 1. The number of halogens is 2. The Balaban J connectivity index is 2.08. The Labute approximate surface area is 115 Å². The smallest absolute Gasteiger partial charge is 0.251 e. The summed E-state index contributed by atoms with van der Waals surface area (Å²) in [5.74, 6) is -1.44. The second-order valence-electron chi connectivity index (χ2n) is 4.13. The highest BCUT2D eigenvalue weighted by atomic mass is 19.2. The van der Waals surface area contributed by atoms with Crippen LogP contribution in [0.2, 0.25) is 0 Å². The number of hydrogen-bond donors (Lipinski definition) is 2. The first-order chi connectivity index (χ1) is 9.63. The van der Waals surface area contributed by atoms with E-state index in [1.165, 1.54) is 6.07 Å². The molecule has 0 saturated carbocycles. The molecule has 0 amide bonds. The summed E-state index contributed by atoms with van der Waals surface area (Å²) < 4.78 is 31.4. The van der Waals surface area contributed by atoms with Crippen LogP contribution >= 0.6 is 0 Å². The molecule has 1 heterocycles. The van der Waals surface area contributed by atoms with Gasteiger partial charge >= 0.3 is 0 Å². The SMILES string of the molecule is COc1ccc(CNc2cc(CO)c(F)c(F)n2)cc1. The molecule has 2 N–H and O–H groups in total. The number of nitrogens with zero attached hydrogens (tertiary/aromatic N) is 1. The van der Waals surface area contributed by atoms with Gasteiger partial charge in [-0.2, -0.15) is 4.39 Å². The molecule has 0 saturated heterocycles. The van der Waals surface area contributed by atoms with Crippen molar-refractivity contribution in [3.63, 3.8) is 0 Å². The number of rotatable bonds is 5. The Morgan fingerprint density at radius 1 is 1.25 bits per heavy atom. The number of aliphatic hydroxyl groups excluding tert-OH is 1. The molecule has 0 radical (unpaired) electrons. The fraction of sp³-hybridized carbons (Fsp3) is 0.214. The summed E-state index contributed by atoms with van der Waals surface area (Å²) in [6.45, 7) is -0.185. The lowest BCUT2D eigenvalue weighted by molar-refractivity contribution is 0.272. The normalized spacial score (nSPS) is 10.4. The lowest BCUT2D eigenvalue weighted by Gasteiger charge is -2.09. The molecule has 2 aromatic rings. The Kier molecular flexibility index (Phi) is 4.47. The van der Waals surface area contributed by atoms with Crippen molar-refractivity contribution in [1.29, 1.82) is 0 Å². The van der Waals surface area contributed by atoms with E-state index in [9.17, 15) is 8.78 Å². The van der Waals surface area contributed by atoms with E-state index in [4.69, 9.17) is 9.84 Å². The molecule has 20 heavy (non-hydrogen) atoms. The van der Waals surface area contributed by atoms with E-state index < -0.39 is 18.4 Å². The molecule has 0 aliphatic heterocycles. The first kappa shape index (κ1) is 14.2. The minimum absolute atomic E-state index is 0.130. The largest absolute Gasteiger partial charge is 0.497 e. The van der Waals surface area contributed by atoms with Crippen LogP contribution in [0.5, 0.6) is 5.75 Å². The Morgan fingerprint density at radius 3 is 2.55 bits per heavy atom. The molecule has 0 aliphatic carbocycles. The number of pyridine rings is 1. The zero-order valence-electron chi connectivity index (χ0n) is 10.9. The van der Waals surface area contributed by atoms with Crippen molar-refractivity contribution >= 4 is 5.82 Å². The van der Waals surface area contributed by atoms with E-state index in [2.05, 4.69) is 10.3 Å². The van der Waals surface area contributed by atoms with Crippen LogP contribution < -0.4 is 10.1 Å². The molecule has 0 atom stereocenters. The zero-order valence-corrected chi connectivity index (χ0v) is 10.9. The summed E-state index contributed by atoms with van der Waals surface area (Å²) in [7, 11) is 1.58. The molecule has 4 nitrogen and oxygen atoms in total. The molecule has 2 rings (SSSR count). The quantitative estimate of drug-likeness (QED) is 0.826. The summed E-state index contributed by atoms with van der Waals surface area (Å²) in [5.41, 5.74) is 0.803. The van der Waals surface area contributed by atoms with Gasteiger partial charge in [0.2, 0.25) is 0 Å². The third-order valence-corrected chi connectivity index (χ3v) is 2.80. The van der Waals surface area contributed by atoms with Gasteiger partial charge in [-0.15, -0.1) is 0 Å². The van der Waals surface area contributed by atoms with Crippen LogP contribution in [0.1, 0.15) is 11.1 Å². The number of aliphatic hydroxyl groups is 1. The summed E-state index contributed by atoms with van der Waals surface area (Å²) in [6.07, 6.45) is 0. The second kappa shape index (κ2) is 6.29. The van der Waals surface area contributed by atoms with Crippen molar-refractivity contribution in [3.8, 4) is 5.75 Å². The van der Waals surface area contributed by atoms with Crippen LogP contribution in [0.4, 0.5) is 14.6 Å². The van der Waals surface area contributed by atoms with E-state index in [0.717, 1.165) is 11.3 Å². The maximum Gasteiger partial charge on any atom is 0.251 e. The fourth-order valence-electron chi connectivity index (χ4n) is 1.69. The summed E-state index contributed by atoms with van der Waals surface area (Å²) in [6, 6.07) is 8.57. The summed E-state index contributed by atoms with van der Waals surface area (Å²) >= 11 is 0. The van der Waals surface area contributed by atoms with Gasteiger partial charge in [-0.25, -0.2) is 9.37 Å². The number of methoxy groups -OCH3 is 1. The number of benzene rings is 1. The van der Waals surface area contributed by atoms with Gasteiger partial charge in [0.05, 0.1) is 13.7 Å². The molecule has 6 heteroatoms. The lowest BCUT2D eigenvalue weighted by Crippen LogP contribution is -2.06. The zero-order chi connectivity index (χ0) is 14.5. The van der Waals surface area contributed by atoms with E-state index in [1.54, 1.807) is 19.2 Å². The Bertz CT molecular complexity index is 588. The number of nitrogens with one attached hydrogen (secondary N) is 1. The second-order valence-corrected chi connectivity index (χ2v) is 4.13. The summed E-state index contributed by atoms with van der Waals surface area (Å²) in [5, 5.41) is 11.8. The maximum absolute atomic E-state index is 13.2. The molecular weight excluding hydrogens is 266 g/mol. The van der Waals surface area contributed by atoms with Crippen molar-refractivity contribution < 1.29 is 18.6 Å². The van der Waals surface area contributed by atoms with E-state index in [0.29, 0.717) is 6.54 Å². The van der Waals surface area contributed by atoms with Crippen molar-refractivity contribution in [1.82, 2.24) is 4.98 Å². The number of anilines is 1. The Hall–Kier alpha value is -2.21. The van der Waals surface area contributed by atoms with Gasteiger partial charge < -0.3 is 15.2 Å². The molecule has 1 aromatic carbocycles. The van der Waals surface area contributed by atoms with Gasteiger partial charge in [0.25, 0.3) is 5.95 Å². The van der Waals surface area contributed by atoms with Gasteiger partial charge in [0, 0.05) is 12.1 Å². The molecule has 106 valence electrons. The third kappa shape index (κ3) is 3.21. The number of hydrogen-bond acceptors (Lipinski definition) is 4. The monoisotopic (exact) mass is 280 g/mol. The number of ether oxygens (including phenoxy) is 1. The molecule has 1 aromatic heterocycles. The minimum Gasteiger partial charge on any atom is -0.497 e. The molecule has 0 aliphatic rings. The van der Waals surface area contributed by atoms with E-state index >= 15 is 0 Å². The highest BCUT2D eigenvalue weighted by Gasteiger charge is 2.11. The van der Waals surface area contributed by atoms with Gasteiger partial charge in [0.1, 0.15) is 11.6 Å². The standard InChI is InChI=1S/C14H14F2N2O2/c1-20-11-4-2-9(3-5-11)7-17-12-6-10(8-19)13(15)14(16)18-12/h2-6,19H,7-8H2,1H3,(H,17,18). The van der Waals surface area contributed by atoms with Gasteiger partial charge in [-0.3, -0.25) is 0 Å². The van der Waals surface area contributed by atoms with Crippen molar-refractivity contribution in [2.45, 2.75) is 13.2 Å². The Morgan fingerprint density at radius 2 is 1.95 bits per heavy atom. The summed E-state index contributed by atoms with van der Waals surface area (Å²) in [4.78, 5) is 3.44. The molecule has 0 bridgehead atoms. The lowest BCUT2D eigenvalue weighted by atomic mass is 10.2. The molecule has 0 fully saturated rings. The first-order valence-corrected chi connectivity index (χ1v) is 5.96. The first-order valence-electron chi connectivity index (χ1n) is 5.96. The van der Waals surface area contributed by atoms with Crippen molar-refractivity contribution in [3.05, 3.63) is 53.2 Å². The average Bonchev–Trinajstić information content (AvgIpc) is 2.48. The van der Waals surface area contributed by atoms with Crippen molar-refractivity contribution in [2.75, 3.05) is 12.4 Å². The molecule has 0 unspecified atom stereocenters. The predicted octanol–water partition coefficient (Wildman–Crippen LogP) is 2.47. The van der Waals surface area contributed by atoms with Crippen molar-refractivity contribution in [2.24, 2.45) is 0 Å². The van der Waals surface area contributed by atoms with Gasteiger partial charge in [-0.1, -0.05) is 12.1 Å². The van der Waals surface area contributed by atoms with Gasteiger partial charge in [-0.05, 0) is 23.8 Å². The van der Waals surface area contributed by atoms with Crippen LogP contribution in [0.15, 0.2) is 30.3 Å². The van der Waals surface area contributed by atoms with Crippen LogP contribution in [-0.2, 0) is 13.2 Å². The van der Waals surface area contributed by atoms with Gasteiger partial charge in [0.15, 0.2) is 5.82 Å². The van der Waals surface area contributed by atoms with E-state index in [1.807, 2.05) is 12.1 Å². The topological polar surface area (TPSA) is 54.4 Å². The highest BCUT2D eigenvalue weighted by Crippen LogP contribution is 2.17. The van der Waals surface area contributed by atoms with Crippen LogP contribution in [0, 0.1) is 11.8 Å². The maximum atomic E-state index is 13.2. The molecular formula is C14H14F2N2O2. The molecule has 0 spiro atoms. The average molecular weight is 280 g/mol. The van der Waals surface area contributed by atoms with Crippen LogP contribution in [0.3, 0.4) is 0 Å². The third-order valence-electron chi connectivity index (χ3n) is 2.80. The highest BCUT2D eigenvalue weighted by molar-refractivity contribution is 5.39.